The molecular formula is C18H21F3N2O2. The van der Waals surface area contributed by atoms with E-state index < -0.39 is 11.7 Å². The van der Waals surface area contributed by atoms with Gasteiger partial charge in [-0.3, -0.25) is 10.1 Å². The van der Waals surface area contributed by atoms with Gasteiger partial charge in [0, 0.05) is 5.92 Å². The smallest absolute Gasteiger partial charge is 0.416 e. The number of amides is 1. The number of benzene rings is 1. The predicted octanol–water partition coefficient (Wildman–Crippen LogP) is 5.25. The van der Waals surface area contributed by atoms with Crippen LogP contribution in [0.2, 0.25) is 0 Å². The topological polar surface area (TPSA) is 55.1 Å². The summed E-state index contributed by atoms with van der Waals surface area (Å²) in [4.78, 5) is 16.6. The number of anilines is 1. The van der Waals surface area contributed by atoms with Gasteiger partial charge in [0.25, 0.3) is 0 Å². The monoisotopic (exact) mass is 354 g/mol. The highest BCUT2D eigenvalue weighted by Crippen LogP contribution is 2.44. The molecule has 1 saturated carbocycles. The number of rotatable bonds is 2. The first-order valence-electron chi connectivity index (χ1n) is 8.36. The molecule has 1 N–H and O–H groups in total. The summed E-state index contributed by atoms with van der Waals surface area (Å²) in [5.41, 5.74) is -0.456. The third-order valence-electron chi connectivity index (χ3n) is 5.46. The highest BCUT2D eigenvalue weighted by molar-refractivity contribution is 5.92. The molecule has 1 heterocycles. The summed E-state index contributed by atoms with van der Waals surface area (Å²) in [6, 6.07) is 3.02. The summed E-state index contributed by atoms with van der Waals surface area (Å²) in [7, 11) is 0. The Morgan fingerprint density at radius 2 is 2.08 bits per heavy atom. The van der Waals surface area contributed by atoms with Crippen LogP contribution in [0, 0.1) is 17.3 Å². The van der Waals surface area contributed by atoms with Crippen molar-refractivity contribution < 1.29 is 22.4 Å². The molecule has 1 aliphatic rings. The summed E-state index contributed by atoms with van der Waals surface area (Å²) in [6.07, 6.45) is -1.62. The van der Waals surface area contributed by atoms with Crippen molar-refractivity contribution in [1.29, 1.82) is 0 Å². The Kier molecular flexibility index (Phi) is 4.29. The Morgan fingerprint density at radius 3 is 2.76 bits per heavy atom. The van der Waals surface area contributed by atoms with Crippen molar-refractivity contribution in [3.05, 3.63) is 23.8 Å². The Labute approximate surface area is 143 Å². The maximum absolute atomic E-state index is 12.8. The Bertz CT molecular complexity index is 795. The van der Waals surface area contributed by atoms with Crippen molar-refractivity contribution in [3.8, 4) is 0 Å². The fourth-order valence-electron chi connectivity index (χ4n) is 3.51. The summed E-state index contributed by atoms with van der Waals surface area (Å²) >= 11 is 0. The van der Waals surface area contributed by atoms with Gasteiger partial charge >= 0.3 is 12.2 Å². The van der Waals surface area contributed by atoms with Crippen LogP contribution in [0.1, 0.15) is 45.6 Å². The lowest BCUT2D eigenvalue weighted by Gasteiger charge is -2.41. The Balaban J connectivity index is 1.79. The molecule has 1 amide bonds. The van der Waals surface area contributed by atoms with Crippen LogP contribution in [0.15, 0.2) is 22.6 Å². The molecule has 4 nitrogen and oxygen atoms in total. The first kappa shape index (κ1) is 17.8. The summed E-state index contributed by atoms with van der Waals surface area (Å²) in [5, 5.41) is 2.63. The van der Waals surface area contributed by atoms with Gasteiger partial charge in [0.15, 0.2) is 5.58 Å². The Hall–Kier alpha value is -2.05. The summed E-state index contributed by atoms with van der Waals surface area (Å²) in [5.74, 6) is -0.158. The zero-order chi connectivity index (χ0) is 18.4. The number of nitrogens with zero attached hydrogens (tertiary/aromatic N) is 1. The van der Waals surface area contributed by atoms with E-state index in [2.05, 4.69) is 31.1 Å². The Morgan fingerprint density at radius 1 is 1.36 bits per heavy atom. The molecule has 7 heteroatoms. The first-order chi connectivity index (χ1) is 11.6. The maximum atomic E-state index is 12.8. The van der Waals surface area contributed by atoms with Crippen LogP contribution >= 0.6 is 0 Å². The molecule has 1 fully saturated rings. The maximum Gasteiger partial charge on any atom is 0.416 e. The molecule has 136 valence electrons. The number of nitrogens with one attached hydrogen (secondary N) is 1. The van der Waals surface area contributed by atoms with Gasteiger partial charge in [0.2, 0.25) is 5.91 Å². The molecule has 1 aromatic carbocycles. The number of hydrogen-bond acceptors (Lipinski definition) is 3. The van der Waals surface area contributed by atoms with Crippen LogP contribution in [0.3, 0.4) is 0 Å². The molecule has 1 aliphatic carbocycles. The van der Waals surface area contributed by atoms with E-state index in [4.69, 9.17) is 4.42 Å². The van der Waals surface area contributed by atoms with E-state index in [-0.39, 0.29) is 40.3 Å². The third-order valence-corrected chi connectivity index (χ3v) is 5.46. The van der Waals surface area contributed by atoms with E-state index >= 15 is 0 Å². The van der Waals surface area contributed by atoms with Gasteiger partial charge in [0.1, 0.15) is 5.52 Å². The minimum atomic E-state index is -4.45. The molecule has 2 aromatic rings. The second-order valence-corrected chi connectivity index (χ2v) is 7.46. The fourth-order valence-corrected chi connectivity index (χ4v) is 3.51. The molecule has 0 bridgehead atoms. The van der Waals surface area contributed by atoms with Crippen LogP contribution in [0.4, 0.5) is 19.2 Å². The molecule has 2 unspecified atom stereocenters. The van der Waals surface area contributed by atoms with Gasteiger partial charge in [-0.1, -0.05) is 27.2 Å². The predicted molar refractivity (Wildman–Crippen MR) is 87.9 cm³/mol. The average Bonchev–Trinajstić information content (AvgIpc) is 2.90. The van der Waals surface area contributed by atoms with Gasteiger partial charge in [-0.2, -0.15) is 18.2 Å². The zero-order valence-corrected chi connectivity index (χ0v) is 14.4. The number of halogens is 3. The highest BCUT2D eigenvalue weighted by atomic mass is 19.4. The normalized spacial score (nSPS) is 23.6. The number of fused-ring (bicyclic) bond motifs is 1. The van der Waals surface area contributed by atoms with Crippen LogP contribution in [0.25, 0.3) is 11.1 Å². The number of carbonyl (C=O) groups excluding carboxylic acids is 1. The van der Waals surface area contributed by atoms with Crippen LogP contribution in [-0.2, 0) is 11.0 Å². The van der Waals surface area contributed by atoms with E-state index in [1.54, 1.807) is 0 Å². The molecule has 0 saturated heterocycles. The molecule has 1 aromatic heterocycles. The molecule has 0 spiro atoms. The van der Waals surface area contributed by atoms with Gasteiger partial charge in [-0.05, 0) is 42.4 Å². The lowest BCUT2D eigenvalue weighted by Crippen LogP contribution is -2.39. The first-order valence-corrected chi connectivity index (χ1v) is 8.36. The second-order valence-electron chi connectivity index (χ2n) is 7.46. The number of carbonyl (C=O) groups is 1. The molecule has 3 rings (SSSR count). The number of oxazole rings is 1. The third kappa shape index (κ3) is 3.50. The number of aromatic nitrogens is 1. The van der Waals surface area contributed by atoms with Crippen LogP contribution in [-0.4, -0.2) is 10.9 Å². The van der Waals surface area contributed by atoms with Gasteiger partial charge in [-0.25, -0.2) is 0 Å². The largest absolute Gasteiger partial charge is 0.423 e. The standard InChI is InChI=1S/C18H21F3N2O2/c1-10-12(5-4-8-17(10,2)3)15(24)23-16-22-13-7-6-11(18(19,20)21)9-14(13)25-16/h6-7,9-10,12H,4-5,8H2,1-3H3,(H,22,23,24). The van der Waals surface area contributed by atoms with Gasteiger partial charge < -0.3 is 4.42 Å². The van der Waals surface area contributed by atoms with Crippen molar-refractivity contribution in [2.75, 3.05) is 5.32 Å². The number of alkyl halides is 3. The van der Waals surface area contributed by atoms with E-state index in [1.807, 2.05) is 0 Å². The van der Waals surface area contributed by atoms with E-state index in [1.165, 1.54) is 6.07 Å². The van der Waals surface area contributed by atoms with E-state index in [9.17, 15) is 18.0 Å². The van der Waals surface area contributed by atoms with Crippen molar-refractivity contribution in [3.63, 3.8) is 0 Å². The molecular weight excluding hydrogens is 333 g/mol. The number of hydrogen-bond donors (Lipinski definition) is 1. The fraction of sp³-hybridized carbons (Fsp3) is 0.556. The van der Waals surface area contributed by atoms with E-state index in [0.29, 0.717) is 0 Å². The van der Waals surface area contributed by atoms with Gasteiger partial charge in [0.05, 0.1) is 5.56 Å². The molecule has 25 heavy (non-hydrogen) atoms. The molecule has 0 radical (unpaired) electrons. The quantitative estimate of drug-likeness (QED) is 0.801. The van der Waals surface area contributed by atoms with Gasteiger partial charge in [-0.15, -0.1) is 0 Å². The minimum Gasteiger partial charge on any atom is -0.423 e. The van der Waals surface area contributed by atoms with E-state index in [0.717, 1.165) is 31.4 Å². The second kappa shape index (κ2) is 6.04. The van der Waals surface area contributed by atoms with Crippen molar-refractivity contribution >= 4 is 23.0 Å². The van der Waals surface area contributed by atoms with Crippen LogP contribution < -0.4 is 5.32 Å². The summed E-state index contributed by atoms with van der Waals surface area (Å²) in [6.45, 7) is 6.36. The lowest BCUT2D eigenvalue weighted by atomic mass is 9.64. The molecule has 2 atom stereocenters. The molecule has 0 aliphatic heterocycles. The minimum absolute atomic E-state index is 0.00199. The van der Waals surface area contributed by atoms with Crippen molar-refractivity contribution in [2.24, 2.45) is 17.3 Å². The van der Waals surface area contributed by atoms with Crippen LogP contribution in [0.5, 0.6) is 0 Å². The highest BCUT2D eigenvalue weighted by Gasteiger charge is 2.39. The van der Waals surface area contributed by atoms with Crippen molar-refractivity contribution in [2.45, 2.75) is 46.2 Å². The van der Waals surface area contributed by atoms with Crippen molar-refractivity contribution in [1.82, 2.24) is 4.98 Å². The average molecular weight is 354 g/mol. The zero-order valence-electron chi connectivity index (χ0n) is 14.4. The summed E-state index contributed by atoms with van der Waals surface area (Å²) < 4.78 is 43.6. The lowest BCUT2D eigenvalue weighted by molar-refractivity contribution is -0.137. The SMILES string of the molecule is CC1C(C(=O)Nc2nc3ccc(C(F)(F)F)cc3o2)CCCC1(C)C.